The van der Waals surface area contributed by atoms with Crippen molar-refractivity contribution in [3.05, 3.63) is 29.8 Å². The normalized spacial score (nSPS) is 22.9. The van der Waals surface area contributed by atoms with Gasteiger partial charge in [0, 0.05) is 38.8 Å². The second kappa shape index (κ2) is 8.13. The zero-order valence-electron chi connectivity index (χ0n) is 14.3. The Bertz CT molecular complexity index is 463. The lowest BCUT2D eigenvalue weighted by Crippen LogP contribution is -2.51. The van der Waals surface area contributed by atoms with Crippen molar-refractivity contribution in [1.29, 1.82) is 0 Å². The SMILES string of the molecule is COc1ccc([C@@H](O)CN2CCN(C3CCCCC3)CC2)cc1. The Morgan fingerprint density at radius 3 is 2.30 bits per heavy atom. The van der Waals surface area contributed by atoms with Crippen molar-refractivity contribution in [2.24, 2.45) is 0 Å². The van der Waals surface area contributed by atoms with Crippen molar-refractivity contribution in [2.45, 2.75) is 44.2 Å². The zero-order valence-corrected chi connectivity index (χ0v) is 14.3. The lowest BCUT2D eigenvalue weighted by Gasteiger charge is -2.41. The molecule has 3 rings (SSSR count). The van der Waals surface area contributed by atoms with Gasteiger partial charge in [0.2, 0.25) is 0 Å². The third kappa shape index (κ3) is 4.46. The van der Waals surface area contributed by atoms with E-state index in [2.05, 4.69) is 9.80 Å². The number of aliphatic hydroxyl groups excluding tert-OH is 1. The highest BCUT2D eigenvalue weighted by atomic mass is 16.5. The molecule has 0 amide bonds. The smallest absolute Gasteiger partial charge is 0.118 e. The second-order valence-corrected chi connectivity index (χ2v) is 6.92. The summed E-state index contributed by atoms with van der Waals surface area (Å²) in [5.41, 5.74) is 0.973. The summed E-state index contributed by atoms with van der Waals surface area (Å²) in [7, 11) is 1.66. The molecule has 1 aromatic carbocycles. The summed E-state index contributed by atoms with van der Waals surface area (Å²) in [5.74, 6) is 0.835. The molecule has 1 aliphatic heterocycles. The third-order valence-corrected chi connectivity index (χ3v) is 5.43. The second-order valence-electron chi connectivity index (χ2n) is 6.92. The zero-order chi connectivity index (χ0) is 16.1. The van der Waals surface area contributed by atoms with E-state index in [-0.39, 0.29) is 0 Å². The lowest BCUT2D eigenvalue weighted by atomic mass is 9.94. The summed E-state index contributed by atoms with van der Waals surface area (Å²) in [6.45, 7) is 5.18. The average Bonchev–Trinajstić information content (AvgIpc) is 2.63. The predicted octanol–water partition coefficient (Wildman–Crippen LogP) is 2.68. The number of benzene rings is 1. The maximum atomic E-state index is 10.5. The fourth-order valence-corrected chi connectivity index (χ4v) is 3.93. The minimum Gasteiger partial charge on any atom is -0.497 e. The fourth-order valence-electron chi connectivity index (χ4n) is 3.93. The Hall–Kier alpha value is -1.10. The first-order valence-electron chi connectivity index (χ1n) is 9.04. The molecule has 23 heavy (non-hydrogen) atoms. The molecule has 0 unspecified atom stereocenters. The molecule has 2 aliphatic rings. The van der Waals surface area contributed by atoms with Crippen LogP contribution in [0.5, 0.6) is 5.75 Å². The van der Waals surface area contributed by atoms with Gasteiger partial charge in [-0.3, -0.25) is 9.80 Å². The Morgan fingerprint density at radius 1 is 1.04 bits per heavy atom. The van der Waals surface area contributed by atoms with Gasteiger partial charge in [-0.1, -0.05) is 31.4 Å². The van der Waals surface area contributed by atoms with E-state index in [1.807, 2.05) is 24.3 Å². The summed E-state index contributed by atoms with van der Waals surface area (Å²) < 4.78 is 5.17. The molecule has 4 heteroatoms. The number of hydrogen-bond acceptors (Lipinski definition) is 4. The van der Waals surface area contributed by atoms with Crippen LogP contribution < -0.4 is 4.74 Å². The van der Waals surface area contributed by atoms with Gasteiger partial charge in [0.25, 0.3) is 0 Å². The van der Waals surface area contributed by atoms with Crippen molar-refractivity contribution in [3.63, 3.8) is 0 Å². The maximum Gasteiger partial charge on any atom is 0.118 e. The highest BCUT2D eigenvalue weighted by Gasteiger charge is 2.26. The Balaban J connectivity index is 1.45. The van der Waals surface area contributed by atoms with Crippen molar-refractivity contribution >= 4 is 0 Å². The van der Waals surface area contributed by atoms with E-state index < -0.39 is 6.10 Å². The van der Waals surface area contributed by atoms with Gasteiger partial charge in [-0.25, -0.2) is 0 Å². The Kier molecular flexibility index (Phi) is 5.92. The van der Waals surface area contributed by atoms with Crippen LogP contribution in [0.15, 0.2) is 24.3 Å². The van der Waals surface area contributed by atoms with Gasteiger partial charge in [0.05, 0.1) is 13.2 Å². The van der Waals surface area contributed by atoms with E-state index in [0.29, 0.717) is 0 Å². The average molecular weight is 318 g/mol. The number of aliphatic hydroxyl groups is 1. The number of nitrogens with zero attached hydrogens (tertiary/aromatic N) is 2. The Morgan fingerprint density at radius 2 is 1.70 bits per heavy atom. The lowest BCUT2D eigenvalue weighted by molar-refractivity contribution is 0.0475. The highest BCUT2D eigenvalue weighted by molar-refractivity contribution is 5.28. The van der Waals surface area contributed by atoms with Crippen LogP contribution >= 0.6 is 0 Å². The number of hydrogen-bond donors (Lipinski definition) is 1. The molecule has 1 aliphatic carbocycles. The highest BCUT2D eigenvalue weighted by Crippen LogP contribution is 2.24. The van der Waals surface area contributed by atoms with Crippen molar-refractivity contribution in [1.82, 2.24) is 9.80 Å². The minimum absolute atomic E-state index is 0.415. The summed E-state index contributed by atoms with van der Waals surface area (Å²) >= 11 is 0. The van der Waals surface area contributed by atoms with Gasteiger partial charge in [-0.05, 0) is 30.5 Å². The molecule has 128 valence electrons. The quantitative estimate of drug-likeness (QED) is 0.905. The standard InChI is InChI=1S/C19H30N2O2/c1-23-18-9-7-16(8-10-18)19(22)15-20-11-13-21(14-12-20)17-5-3-2-4-6-17/h7-10,17,19,22H,2-6,11-15H2,1H3/t19-/m0/s1. The van der Waals surface area contributed by atoms with Gasteiger partial charge in [-0.15, -0.1) is 0 Å². The summed E-state index contributed by atoms with van der Waals surface area (Å²) in [5, 5.41) is 10.5. The molecule has 0 bridgehead atoms. The molecule has 1 saturated heterocycles. The number of rotatable bonds is 5. The van der Waals surface area contributed by atoms with Crippen LogP contribution in [0, 0.1) is 0 Å². The molecule has 1 aromatic rings. The van der Waals surface area contributed by atoms with Crippen LogP contribution in [0.3, 0.4) is 0 Å². The molecule has 1 heterocycles. The van der Waals surface area contributed by atoms with E-state index in [1.165, 1.54) is 32.1 Å². The summed E-state index contributed by atoms with van der Waals surface area (Å²) in [6.07, 6.45) is 6.58. The van der Waals surface area contributed by atoms with E-state index in [9.17, 15) is 5.11 Å². The predicted molar refractivity (Wildman–Crippen MR) is 92.8 cm³/mol. The fraction of sp³-hybridized carbons (Fsp3) is 0.684. The number of β-amino-alcohol motifs (C(OH)–C–C–N with tert-alkyl or cyclic N) is 1. The van der Waals surface area contributed by atoms with Crippen LogP contribution in [-0.4, -0.2) is 60.8 Å². The van der Waals surface area contributed by atoms with Gasteiger partial charge >= 0.3 is 0 Å². The number of methoxy groups -OCH3 is 1. The number of ether oxygens (including phenoxy) is 1. The van der Waals surface area contributed by atoms with Gasteiger partial charge < -0.3 is 9.84 Å². The molecule has 1 saturated carbocycles. The molecule has 2 fully saturated rings. The first kappa shape index (κ1) is 16.7. The van der Waals surface area contributed by atoms with Crippen LogP contribution in [-0.2, 0) is 0 Å². The maximum absolute atomic E-state index is 10.5. The number of piperazine rings is 1. The van der Waals surface area contributed by atoms with Crippen LogP contribution in [0.2, 0.25) is 0 Å². The van der Waals surface area contributed by atoms with Crippen LogP contribution in [0.25, 0.3) is 0 Å². The van der Waals surface area contributed by atoms with Gasteiger partial charge in [-0.2, -0.15) is 0 Å². The first-order valence-corrected chi connectivity index (χ1v) is 9.04. The van der Waals surface area contributed by atoms with E-state index in [4.69, 9.17) is 4.74 Å². The van der Waals surface area contributed by atoms with Crippen molar-refractivity contribution in [3.8, 4) is 5.75 Å². The first-order chi connectivity index (χ1) is 11.3. The summed E-state index contributed by atoms with van der Waals surface area (Å²) in [6, 6.07) is 8.57. The minimum atomic E-state index is -0.415. The van der Waals surface area contributed by atoms with Gasteiger partial charge in [0.15, 0.2) is 0 Å². The molecular weight excluding hydrogens is 288 g/mol. The summed E-state index contributed by atoms with van der Waals surface area (Å²) in [4.78, 5) is 5.07. The van der Waals surface area contributed by atoms with Crippen LogP contribution in [0.4, 0.5) is 0 Å². The Labute approximate surface area is 140 Å². The van der Waals surface area contributed by atoms with Gasteiger partial charge in [0.1, 0.15) is 5.75 Å². The molecule has 0 aromatic heterocycles. The van der Waals surface area contributed by atoms with E-state index >= 15 is 0 Å². The van der Waals surface area contributed by atoms with E-state index in [0.717, 1.165) is 50.1 Å². The van der Waals surface area contributed by atoms with E-state index in [1.54, 1.807) is 7.11 Å². The van der Waals surface area contributed by atoms with Crippen LogP contribution in [0.1, 0.15) is 43.8 Å². The molecule has 0 spiro atoms. The topological polar surface area (TPSA) is 35.9 Å². The van der Waals surface area contributed by atoms with Crippen molar-refractivity contribution in [2.75, 3.05) is 39.8 Å². The largest absolute Gasteiger partial charge is 0.497 e. The molecule has 4 nitrogen and oxygen atoms in total. The van der Waals surface area contributed by atoms with Crippen molar-refractivity contribution < 1.29 is 9.84 Å². The molecule has 0 radical (unpaired) electrons. The molecule has 1 N–H and O–H groups in total. The monoisotopic (exact) mass is 318 g/mol. The third-order valence-electron chi connectivity index (χ3n) is 5.43. The molecular formula is C19H30N2O2. The molecule has 1 atom stereocenters.